The fraction of sp³-hybridized carbons (Fsp3) is 0.100. The molecule has 0 bridgehead atoms. The maximum Gasteiger partial charge on any atom is 0.204 e. The highest BCUT2D eigenvalue weighted by atomic mass is 32.1. The van der Waals surface area contributed by atoms with E-state index < -0.39 is 0 Å². The van der Waals surface area contributed by atoms with Gasteiger partial charge >= 0.3 is 0 Å². The zero-order valence-electron chi connectivity index (χ0n) is 14.5. The van der Waals surface area contributed by atoms with Gasteiger partial charge in [0.1, 0.15) is 0 Å². The van der Waals surface area contributed by atoms with Gasteiger partial charge in [0, 0.05) is 36.0 Å². The molecule has 0 unspecified atom stereocenters. The quantitative estimate of drug-likeness (QED) is 0.434. The smallest absolute Gasteiger partial charge is 0.204 e. The van der Waals surface area contributed by atoms with Crippen molar-refractivity contribution in [1.82, 2.24) is 9.97 Å². The molecular formula is C20H18N4S2. The van der Waals surface area contributed by atoms with Crippen molar-refractivity contribution in [2.45, 2.75) is 0 Å². The molecule has 2 heterocycles. The second-order valence-electron chi connectivity index (χ2n) is 5.81. The second-order valence-corrected chi connectivity index (χ2v) is 7.48. The summed E-state index contributed by atoms with van der Waals surface area (Å²) in [6.45, 7) is 0. The Kier molecular flexibility index (Phi) is 4.69. The lowest BCUT2D eigenvalue weighted by molar-refractivity contribution is 0.878. The van der Waals surface area contributed by atoms with Gasteiger partial charge in [-0.3, -0.25) is 10.0 Å². The molecule has 0 saturated carbocycles. The first-order chi connectivity index (χ1) is 12.7. The third-order valence-corrected chi connectivity index (χ3v) is 5.94. The van der Waals surface area contributed by atoms with Crippen LogP contribution in [0.25, 0.3) is 22.5 Å². The molecule has 0 fully saturated rings. The van der Waals surface area contributed by atoms with Crippen molar-refractivity contribution < 1.29 is 0 Å². The van der Waals surface area contributed by atoms with E-state index in [1.165, 1.54) is 0 Å². The van der Waals surface area contributed by atoms with Crippen LogP contribution in [0.4, 0.5) is 10.3 Å². The Morgan fingerprint density at radius 3 is 1.38 bits per heavy atom. The van der Waals surface area contributed by atoms with Gasteiger partial charge in [0.05, 0.1) is 11.4 Å². The van der Waals surface area contributed by atoms with E-state index in [1.54, 1.807) is 22.7 Å². The molecule has 0 N–H and O–H groups in total. The zero-order valence-corrected chi connectivity index (χ0v) is 16.2. The van der Waals surface area contributed by atoms with Gasteiger partial charge in [-0.15, -0.1) is 22.7 Å². The van der Waals surface area contributed by atoms with Crippen LogP contribution in [0.1, 0.15) is 0 Å². The fourth-order valence-corrected chi connectivity index (χ4v) is 4.23. The van der Waals surface area contributed by atoms with Crippen LogP contribution in [0.15, 0.2) is 71.4 Å². The standard InChI is InChI=1S/C20H18N4S2/c1-23(19-21-17(13-25-19)15-9-5-3-6-10-15)24(2)20-22-18(14-26-20)16-11-7-4-8-12-16/h3-14H,1-2H3. The number of benzene rings is 2. The first-order valence-corrected chi connectivity index (χ1v) is 9.97. The second kappa shape index (κ2) is 7.27. The highest BCUT2D eigenvalue weighted by Crippen LogP contribution is 2.31. The van der Waals surface area contributed by atoms with Gasteiger partial charge in [0.2, 0.25) is 10.3 Å². The summed E-state index contributed by atoms with van der Waals surface area (Å²) < 4.78 is 0. The van der Waals surface area contributed by atoms with E-state index in [0.29, 0.717) is 0 Å². The van der Waals surface area contributed by atoms with E-state index in [9.17, 15) is 0 Å². The van der Waals surface area contributed by atoms with Crippen LogP contribution in [0.5, 0.6) is 0 Å². The van der Waals surface area contributed by atoms with Crippen LogP contribution in [0.3, 0.4) is 0 Å². The minimum atomic E-state index is 0.933. The van der Waals surface area contributed by atoms with Crippen molar-refractivity contribution in [2.24, 2.45) is 0 Å². The number of hydrogen-bond donors (Lipinski definition) is 0. The molecule has 4 nitrogen and oxygen atoms in total. The van der Waals surface area contributed by atoms with Gasteiger partial charge < -0.3 is 0 Å². The van der Waals surface area contributed by atoms with E-state index in [2.05, 4.69) is 35.0 Å². The molecule has 0 aliphatic rings. The van der Waals surface area contributed by atoms with Gasteiger partial charge in [-0.25, -0.2) is 9.97 Å². The molecule has 0 aliphatic heterocycles. The van der Waals surface area contributed by atoms with Gasteiger partial charge in [0.15, 0.2) is 0 Å². The van der Waals surface area contributed by atoms with Gasteiger partial charge in [-0.1, -0.05) is 60.7 Å². The molecular weight excluding hydrogens is 360 g/mol. The molecule has 0 atom stereocenters. The minimum absolute atomic E-state index is 0.933. The number of anilines is 2. The molecule has 130 valence electrons. The summed E-state index contributed by atoms with van der Waals surface area (Å²) in [5, 5.41) is 10.1. The van der Waals surface area contributed by atoms with E-state index in [0.717, 1.165) is 32.8 Å². The average molecular weight is 379 g/mol. The number of rotatable bonds is 5. The molecule has 26 heavy (non-hydrogen) atoms. The largest absolute Gasteiger partial charge is 0.261 e. The Hall–Kier alpha value is -2.70. The topological polar surface area (TPSA) is 32.3 Å². The number of aromatic nitrogens is 2. The molecule has 2 aromatic carbocycles. The Morgan fingerprint density at radius 1 is 0.615 bits per heavy atom. The minimum Gasteiger partial charge on any atom is -0.261 e. The van der Waals surface area contributed by atoms with Crippen LogP contribution < -0.4 is 10.0 Å². The zero-order chi connectivity index (χ0) is 17.9. The molecule has 0 spiro atoms. The predicted octanol–water partition coefficient (Wildman–Crippen LogP) is 5.42. The van der Waals surface area contributed by atoms with Crippen molar-refractivity contribution >= 4 is 32.9 Å². The molecule has 6 heteroatoms. The molecule has 0 saturated heterocycles. The highest BCUT2D eigenvalue weighted by molar-refractivity contribution is 7.14. The molecule has 0 aliphatic carbocycles. The van der Waals surface area contributed by atoms with Gasteiger partial charge in [0.25, 0.3) is 0 Å². The Bertz CT molecular complexity index is 897. The van der Waals surface area contributed by atoms with Gasteiger partial charge in [-0.05, 0) is 0 Å². The summed E-state index contributed by atoms with van der Waals surface area (Å²) in [6.07, 6.45) is 0. The lowest BCUT2D eigenvalue weighted by Gasteiger charge is -2.27. The number of thiazole rings is 2. The summed E-state index contributed by atoms with van der Waals surface area (Å²) in [4.78, 5) is 9.54. The van der Waals surface area contributed by atoms with Crippen LogP contribution in [0.2, 0.25) is 0 Å². The SMILES string of the molecule is CN(c1nc(-c2ccccc2)cs1)N(C)c1nc(-c2ccccc2)cs1. The van der Waals surface area contributed by atoms with E-state index in [4.69, 9.17) is 9.97 Å². The van der Waals surface area contributed by atoms with Gasteiger partial charge in [-0.2, -0.15) is 0 Å². The predicted molar refractivity (Wildman–Crippen MR) is 112 cm³/mol. The molecule has 2 aromatic heterocycles. The van der Waals surface area contributed by atoms with Crippen molar-refractivity contribution in [3.8, 4) is 22.5 Å². The summed E-state index contributed by atoms with van der Waals surface area (Å²) in [5.41, 5.74) is 4.25. The molecule has 4 rings (SSSR count). The number of hydrogen-bond acceptors (Lipinski definition) is 6. The lowest BCUT2D eigenvalue weighted by atomic mass is 10.2. The van der Waals surface area contributed by atoms with Crippen LogP contribution in [-0.2, 0) is 0 Å². The average Bonchev–Trinajstić information content (AvgIpc) is 3.38. The molecule has 4 aromatic rings. The summed E-state index contributed by atoms with van der Waals surface area (Å²) in [6, 6.07) is 20.5. The van der Waals surface area contributed by atoms with Crippen LogP contribution >= 0.6 is 22.7 Å². The van der Waals surface area contributed by atoms with Crippen molar-refractivity contribution in [1.29, 1.82) is 0 Å². The maximum absolute atomic E-state index is 4.77. The van der Waals surface area contributed by atoms with E-state index >= 15 is 0 Å². The fourth-order valence-electron chi connectivity index (χ4n) is 2.57. The Balaban J connectivity index is 1.54. The molecule has 0 amide bonds. The van der Waals surface area contributed by atoms with Crippen molar-refractivity contribution in [3.63, 3.8) is 0 Å². The van der Waals surface area contributed by atoms with E-state index in [-0.39, 0.29) is 0 Å². The first kappa shape index (κ1) is 16.8. The summed E-state index contributed by atoms with van der Waals surface area (Å²) in [7, 11) is 4.02. The number of nitrogens with zero attached hydrogens (tertiary/aromatic N) is 4. The van der Waals surface area contributed by atoms with E-state index in [1.807, 2.05) is 60.5 Å². The Labute approximate surface area is 161 Å². The highest BCUT2D eigenvalue weighted by Gasteiger charge is 2.16. The van der Waals surface area contributed by atoms with Crippen molar-refractivity contribution in [2.75, 3.05) is 24.1 Å². The first-order valence-electron chi connectivity index (χ1n) is 8.21. The van der Waals surface area contributed by atoms with Crippen LogP contribution in [0, 0.1) is 0 Å². The number of hydrazine groups is 1. The normalized spacial score (nSPS) is 10.7. The third kappa shape index (κ3) is 3.34. The Morgan fingerprint density at radius 2 is 1.00 bits per heavy atom. The molecule has 0 radical (unpaired) electrons. The van der Waals surface area contributed by atoms with Crippen molar-refractivity contribution in [3.05, 3.63) is 71.4 Å². The van der Waals surface area contributed by atoms with Crippen LogP contribution in [-0.4, -0.2) is 24.1 Å². The monoisotopic (exact) mass is 378 g/mol. The maximum atomic E-state index is 4.77. The lowest BCUT2D eigenvalue weighted by Crippen LogP contribution is -2.36. The third-order valence-electron chi connectivity index (χ3n) is 4.13. The summed E-state index contributed by atoms with van der Waals surface area (Å²) >= 11 is 3.26. The summed E-state index contributed by atoms with van der Waals surface area (Å²) in [5.74, 6) is 0.